The largest absolute Gasteiger partial charge is 0.494 e. The van der Waals surface area contributed by atoms with Crippen molar-refractivity contribution in [1.82, 2.24) is 19.8 Å². The Morgan fingerprint density at radius 1 is 0.879 bits per heavy atom. The van der Waals surface area contributed by atoms with Gasteiger partial charge < -0.3 is 14.5 Å². The van der Waals surface area contributed by atoms with Crippen molar-refractivity contribution in [3.05, 3.63) is 54.0 Å². The van der Waals surface area contributed by atoms with Crippen LogP contribution in [0.2, 0.25) is 0 Å². The summed E-state index contributed by atoms with van der Waals surface area (Å²) in [4.78, 5) is 41.0. The minimum Gasteiger partial charge on any atom is -0.494 e. The first-order valence-electron chi connectivity index (χ1n) is 11.7. The summed E-state index contributed by atoms with van der Waals surface area (Å²) in [5.41, 5.74) is 1.74. The van der Waals surface area contributed by atoms with Crippen molar-refractivity contribution in [3.63, 3.8) is 0 Å². The van der Waals surface area contributed by atoms with Crippen LogP contribution in [-0.4, -0.2) is 70.9 Å². The second-order valence-corrected chi connectivity index (χ2v) is 8.23. The monoisotopic (exact) mass is 449 g/mol. The maximum atomic E-state index is 13.4. The quantitative estimate of drug-likeness (QED) is 0.545. The van der Waals surface area contributed by atoms with Gasteiger partial charge in [-0.2, -0.15) is 0 Å². The van der Waals surface area contributed by atoms with Gasteiger partial charge >= 0.3 is 0 Å². The number of aromatic nitrogens is 2. The third-order valence-corrected chi connectivity index (χ3v) is 5.93. The average molecular weight is 450 g/mol. The van der Waals surface area contributed by atoms with Gasteiger partial charge in [0.1, 0.15) is 11.4 Å². The first kappa shape index (κ1) is 22.8. The Hall–Kier alpha value is -3.42. The lowest BCUT2D eigenvalue weighted by molar-refractivity contribution is -0.137. The van der Waals surface area contributed by atoms with E-state index in [0.29, 0.717) is 56.5 Å². The zero-order chi connectivity index (χ0) is 23.2. The number of imide groups is 1. The van der Waals surface area contributed by atoms with Gasteiger partial charge in [-0.1, -0.05) is 32.4 Å². The van der Waals surface area contributed by atoms with Gasteiger partial charge in [0.15, 0.2) is 0 Å². The summed E-state index contributed by atoms with van der Waals surface area (Å²) >= 11 is 0. The van der Waals surface area contributed by atoms with Crippen LogP contribution in [0.5, 0.6) is 5.75 Å². The smallest absolute Gasteiger partial charge is 0.277 e. The fourth-order valence-electron chi connectivity index (χ4n) is 4.16. The third-order valence-electron chi connectivity index (χ3n) is 5.93. The summed E-state index contributed by atoms with van der Waals surface area (Å²) in [6.07, 6.45) is 6.10. The lowest BCUT2D eigenvalue weighted by atomic mass is 10.0. The molecular weight excluding hydrogens is 418 g/mol. The van der Waals surface area contributed by atoms with Crippen molar-refractivity contribution in [2.75, 3.05) is 44.2 Å². The summed E-state index contributed by atoms with van der Waals surface area (Å²) in [7, 11) is 0. The number of ether oxygens (including phenoxy) is 1. The minimum absolute atomic E-state index is 0.195. The third kappa shape index (κ3) is 4.84. The first-order valence-corrected chi connectivity index (χ1v) is 11.7. The molecule has 0 atom stereocenters. The molecule has 174 valence electrons. The van der Waals surface area contributed by atoms with Crippen molar-refractivity contribution >= 4 is 23.3 Å². The molecule has 1 saturated heterocycles. The Bertz CT molecular complexity index is 998. The Morgan fingerprint density at radius 2 is 1.55 bits per heavy atom. The number of piperazine rings is 1. The van der Waals surface area contributed by atoms with Crippen LogP contribution in [0.25, 0.3) is 5.57 Å². The number of hydrogen-bond acceptors (Lipinski definition) is 7. The van der Waals surface area contributed by atoms with Gasteiger partial charge in [-0.15, -0.1) is 0 Å². The van der Waals surface area contributed by atoms with Crippen molar-refractivity contribution in [2.24, 2.45) is 0 Å². The van der Waals surface area contributed by atoms with Gasteiger partial charge in [0.05, 0.1) is 12.2 Å². The highest BCUT2D eigenvalue weighted by atomic mass is 16.5. The molecule has 2 aromatic rings. The van der Waals surface area contributed by atoms with E-state index in [1.54, 1.807) is 18.5 Å². The van der Waals surface area contributed by atoms with Gasteiger partial charge in [0.25, 0.3) is 11.8 Å². The maximum absolute atomic E-state index is 13.4. The highest BCUT2D eigenvalue weighted by Gasteiger charge is 2.41. The SMILES string of the molecule is CCCCN1C(=O)C(c2ccc(OCCC)cc2)=C(N2CCN(c3ncccn3)CC2)C1=O. The lowest BCUT2D eigenvalue weighted by Crippen LogP contribution is -2.48. The summed E-state index contributed by atoms with van der Waals surface area (Å²) in [6.45, 7) is 7.80. The molecule has 1 aromatic heterocycles. The number of hydrogen-bond donors (Lipinski definition) is 0. The molecule has 3 heterocycles. The zero-order valence-corrected chi connectivity index (χ0v) is 19.4. The molecule has 0 spiro atoms. The molecule has 0 unspecified atom stereocenters. The van der Waals surface area contributed by atoms with E-state index in [-0.39, 0.29) is 11.8 Å². The number of anilines is 1. The predicted octanol–water partition coefficient (Wildman–Crippen LogP) is 2.97. The van der Waals surface area contributed by atoms with E-state index in [0.717, 1.165) is 30.6 Å². The molecular formula is C25H31N5O3. The average Bonchev–Trinajstić information content (AvgIpc) is 3.11. The number of nitrogens with zero attached hydrogens (tertiary/aromatic N) is 5. The number of rotatable bonds is 9. The first-order chi connectivity index (χ1) is 16.1. The normalized spacial score (nSPS) is 16.7. The molecule has 0 N–H and O–H groups in total. The molecule has 8 heteroatoms. The number of carbonyl (C=O) groups is 2. The van der Waals surface area contributed by atoms with Gasteiger partial charge in [-0.3, -0.25) is 14.5 Å². The highest BCUT2D eigenvalue weighted by Crippen LogP contribution is 2.33. The van der Waals surface area contributed by atoms with Crippen LogP contribution in [0, 0.1) is 0 Å². The second-order valence-electron chi connectivity index (χ2n) is 8.23. The molecule has 33 heavy (non-hydrogen) atoms. The molecule has 2 aliphatic heterocycles. The number of unbranched alkanes of at least 4 members (excludes halogenated alkanes) is 1. The molecule has 0 aliphatic carbocycles. The Morgan fingerprint density at radius 3 is 2.18 bits per heavy atom. The summed E-state index contributed by atoms with van der Waals surface area (Å²) < 4.78 is 5.69. The van der Waals surface area contributed by atoms with Crippen molar-refractivity contribution in [3.8, 4) is 5.75 Å². The molecule has 1 fully saturated rings. The van der Waals surface area contributed by atoms with Gasteiger partial charge in [-0.25, -0.2) is 9.97 Å². The van der Waals surface area contributed by atoms with Crippen LogP contribution in [-0.2, 0) is 9.59 Å². The molecule has 2 aliphatic rings. The van der Waals surface area contributed by atoms with Gasteiger partial charge in [0, 0.05) is 45.1 Å². The van der Waals surface area contributed by atoms with E-state index in [4.69, 9.17) is 4.74 Å². The Kier molecular flexibility index (Phi) is 7.22. The highest BCUT2D eigenvalue weighted by molar-refractivity contribution is 6.35. The van der Waals surface area contributed by atoms with Crippen LogP contribution in [0.3, 0.4) is 0 Å². The van der Waals surface area contributed by atoms with E-state index in [1.165, 1.54) is 4.90 Å². The fourth-order valence-corrected chi connectivity index (χ4v) is 4.16. The van der Waals surface area contributed by atoms with Crippen molar-refractivity contribution in [1.29, 1.82) is 0 Å². The molecule has 0 saturated carbocycles. The minimum atomic E-state index is -0.209. The standard InChI is InChI=1S/C25H31N5O3/c1-3-5-13-30-23(31)21(19-7-9-20(10-8-19)33-18-4-2)22(24(30)32)28-14-16-29(17-15-28)25-26-11-6-12-27-25/h6-12H,3-5,13-18H2,1-2H3. The van der Waals surface area contributed by atoms with E-state index in [1.807, 2.05) is 29.2 Å². The van der Waals surface area contributed by atoms with E-state index in [9.17, 15) is 9.59 Å². The summed E-state index contributed by atoms with van der Waals surface area (Å²) in [5, 5.41) is 0. The Balaban J connectivity index is 1.60. The van der Waals surface area contributed by atoms with Crippen LogP contribution >= 0.6 is 0 Å². The van der Waals surface area contributed by atoms with Crippen LogP contribution in [0.1, 0.15) is 38.7 Å². The van der Waals surface area contributed by atoms with Crippen molar-refractivity contribution in [2.45, 2.75) is 33.1 Å². The molecule has 4 rings (SSSR count). The molecule has 1 aromatic carbocycles. The molecule has 2 amide bonds. The fraction of sp³-hybridized carbons (Fsp3) is 0.440. The van der Waals surface area contributed by atoms with Crippen LogP contribution < -0.4 is 9.64 Å². The van der Waals surface area contributed by atoms with Gasteiger partial charge in [-0.05, 0) is 36.6 Å². The van der Waals surface area contributed by atoms with E-state index in [2.05, 4.69) is 28.7 Å². The summed E-state index contributed by atoms with van der Waals surface area (Å²) in [5.74, 6) is 1.05. The number of carbonyl (C=O) groups excluding carboxylic acids is 2. The van der Waals surface area contributed by atoms with Gasteiger partial charge in [0.2, 0.25) is 5.95 Å². The molecule has 0 bridgehead atoms. The van der Waals surface area contributed by atoms with Crippen LogP contribution in [0.4, 0.5) is 5.95 Å². The zero-order valence-electron chi connectivity index (χ0n) is 19.4. The second kappa shape index (κ2) is 10.5. The van der Waals surface area contributed by atoms with E-state index >= 15 is 0 Å². The van der Waals surface area contributed by atoms with Crippen molar-refractivity contribution < 1.29 is 14.3 Å². The molecule has 8 nitrogen and oxygen atoms in total. The number of benzene rings is 1. The van der Waals surface area contributed by atoms with Crippen LogP contribution in [0.15, 0.2) is 48.4 Å². The summed E-state index contributed by atoms with van der Waals surface area (Å²) in [6, 6.07) is 9.29. The Labute approximate surface area is 194 Å². The topological polar surface area (TPSA) is 78.9 Å². The number of amides is 2. The predicted molar refractivity (Wildman–Crippen MR) is 127 cm³/mol. The molecule has 0 radical (unpaired) electrons. The maximum Gasteiger partial charge on any atom is 0.277 e. The van der Waals surface area contributed by atoms with E-state index < -0.39 is 0 Å². The lowest BCUT2D eigenvalue weighted by Gasteiger charge is -2.36.